The number of rotatable bonds is 5. The van der Waals surface area contributed by atoms with Crippen molar-refractivity contribution in [1.82, 2.24) is 0 Å². The predicted molar refractivity (Wildman–Crippen MR) is 49.3 cm³/mol. The average molecular weight is 162 g/mol. The summed E-state index contributed by atoms with van der Waals surface area (Å²) in [5, 5.41) is 0. The van der Waals surface area contributed by atoms with Gasteiger partial charge in [-0.05, 0) is 25.3 Å². The summed E-state index contributed by atoms with van der Waals surface area (Å²) >= 11 is 4.24. The first-order valence-electron chi connectivity index (χ1n) is 3.75. The Morgan fingerprint density at radius 3 is 1.90 bits per heavy atom. The molecule has 10 heavy (non-hydrogen) atoms. The van der Waals surface area contributed by atoms with Gasteiger partial charge in [-0.25, -0.2) is 0 Å². The van der Waals surface area contributed by atoms with E-state index in [4.69, 9.17) is 11.5 Å². The van der Waals surface area contributed by atoms with Gasteiger partial charge in [-0.2, -0.15) is 12.6 Å². The fourth-order valence-electron chi connectivity index (χ4n) is 1.03. The van der Waals surface area contributed by atoms with Crippen molar-refractivity contribution in [3.63, 3.8) is 0 Å². The largest absolute Gasteiger partial charge is 0.330 e. The van der Waals surface area contributed by atoms with Gasteiger partial charge in [0.05, 0.1) is 0 Å². The van der Waals surface area contributed by atoms with Gasteiger partial charge in [0, 0.05) is 5.41 Å². The van der Waals surface area contributed by atoms with Gasteiger partial charge in [0.2, 0.25) is 0 Å². The van der Waals surface area contributed by atoms with Crippen LogP contribution in [-0.2, 0) is 0 Å². The van der Waals surface area contributed by atoms with Crippen molar-refractivity contribution in [2.45, 2.75) is 19.8 Å². The Morgan fingerprint density at radius 2 is 1.80 bits per heavy atom. The lowest BCUT2D eigenvalue weighted by atomic mass is 9.86. The van der Waals surface area contributed by atoms with Gasteiger partial charge in [-0.1, -0.05) is 13.3 Å². The van der Waals surface area contributed by atoms with Crippen LogP contribution in [0.5, 0.6) is 0 Å². The molecular weight excluding hydrogens is 144 g/mol. The highest BCUT2D eigenvalue weighted by Crippen LogP contribution is 2.22. The molecule has 0 amide bonds. The Bertz CT molecular complexity index is 73.4. The molecule has 0 aliphatic carbocycles. The van der Waals surface area contributed by atoms with Crippen LogP contribution in [0, 0.1) is 5.41 Å². The molecule has 0 bridgehead atoms. The highest BCUT2D eigenvalue weighted by Gasteiger charge is 2.23. The van der Waals surface area contributed by atoms with Crippen LogP contribution >= 0.6 is 12.6 Å². The molecule has 2 nitrogen and oxygen atoms in total. The van der Waals surface area contributed by atoms with Gasteiger partial charge in [-0.3, -0.25) is 0 Å². The van der Waals surface area contributed by atoms with E-state index in [0.29, 0.717) is 13.1 Å². The molecule has 0 aromatic carbocycles. The monoisotopic (exact) mass is 162 g/mol. The van der Waals surface area contributed by atoms with E-state index in [9.17, 15) is 0 Å². The third-order valence-corrected chi connectivity index (χ3v) is 2.65. The molecule has 0 aromatic rings. The Balaban J connectivity index is 3.87. The lowest BCUT2D eigenvalue weighted by molar-refractivity contribution is 0.326. The van der Waals surface area contributed by atoms with Crippen molar-refractivity contribution in [3.05, 3.63) is 0 Å². The summed E-state index contributed by atoms with van der Waals surface area (Å²) in [7, 11) is 0. The maximum atomic E-state index is 5.59. The second kappa shape index (κ2) is 4.99. The van der Waals surface area contributed by atoms with Gasteiger partial charge in [0.25, 0.3) is 0 Å². The van der Waals surface area contributed by atoms with Crippen LogP contribution in [0.4, 0.5) is 0 Å². The maximum Gasteiger partial charge on any atom is 0.00359 e. The first-order chi connectivity index (χ1) is 4.74. The zero-order valence-electron chi connectivity index (χ0n) is 6.64. The minimum absolute atomic E-state index is 0.0951. The van der Waals surface area contributed by atoms with E-state index in [0.717, 1.165) is 18.6 Å². The second-order valence-electron chi connectivity index (χ2n) is 2.82. The lowest BCUT2D eigenvalue weighted by Gasteiger charge is -2.28. The first-order valence-corrected chi connectivity index (χ1v) is 4.39. The van der Waals surface area contributed by atoms with Crippen molar-refractivity contribution < 1.29 is 0 Å². The van der Waals surface area contributed by atoms with Gasteiger partial charge >= 0.3 is 0 Å². The van der Waals surface area contributed by atoms with E-state index in [1.807, 2.05) is 0 Å². The van der Waals surface area contributed by atoms with Gasteiger partial charge in [-0.15, -0.1) is 0 Å². The Kier molecular flexibility index (Phi) is 5.13. The van der Waals surface area contributed by atoms with Crippen LogP contribution in [-0.4, -0.2) is 18.8 Å². The van der Waals surface area contributed by atoms with Gasteiger partial charge in [0.15, 0.2) is 0 Å². The highest BCUT2D eigenvalue weighted by atomic mass is 32.1. The number of hydrogen-bond acceptors (Lipinski definition) is 3. The molecule has 0 aliphatic heterocycles. The number of thiol groups is 1. The topological polar surface area (TPSA) is 52.0 Å². The van der Waals surface area contributed by atoms with Crippen molar-refractivity contribution in [1.29, 1.82) is 0 Å². The van der Waals surface area contributed by atoms with Crippen molar-refractivity contribution >= 4 is 12.6 Å². The lowest BCUT2D eigenvalue weighted by Crippen LogP contribution is -2.39. The van der Waals surface area contributed by atoms with E-state index in [1.165, 1.54) is 0 Å². The van der Waals surface area contributed by atoms with Crippen molar-refractivity contribution in [2.24, 2.45) is 16.9 Å². The Labute approximate surface area is 68.8 Å². The average Bonchev–Trinajstić information content (AvgIpc) is 2.01. The van der Waals surface area contributed by atoms with Crippen LogP contribution in [0.15, 0.2) is 0 Å². The number of hydrogen-bond donors (Lipinski definition) is 3. The molecule has 0 saturated carbocycles. The van der Waals surface area contributed by atoms with E-state index in [-0.39, 0.29) is 5.41 Å². The standard InChI is InChI=1S/C7H18N2S/c1-2-3-7(4-8,5-9)6-10/h10H,2-6,8-9H2,1H3. The number of nitrogens with two attached hydrogens (primary N) is 2. The predicted octanol–water partition coefficient (Wildman–Crippen LogP) is 0.620. The summed E-state index contributed by atoms with van der Waals surface area (Å²) in [6, 6.07) is 0. The molecule has 0 atom stereocenters. The van der Waals surface area contributed by atoms with E-state index >= 15 is 0 Å². The molecule has 62 valence electrons. The van der Waals surface area contributed by atoms with Crippen molar-refractivity contribution in [3.8, 4) is 0 Å². The van der Waals surface area contributed by atoms with Gasteiger partial charge < -0.3 is 11.5 Å². The van der Waals surface area contributed by atoms with Crippen LogP contribution in [0.1, 0.15) is 19.8 Å². The summed E-state index contributed by atoms with van der Waals surface area (Å²) in [5.74, 6) is 0.799. The van der Waals surface area contributed by atoms with E-state index < -0.39 is 0 Å². The molecule has 0 heterocycles. The molecule has 4 N–H and O–H groups in total. The molecule has 0 spiro atoms. The van der Waals surface area contributed by atoms with E-state index in [1.54, 1.807) is 0 Å². The zero-order chi connectivity index (χ0) is 8.04. The summed E-state index contributed by atoms with van der Waals surface area (Å²) in [5.41, 5.74) is 11.3. The molecule has 0 saturated heterocycles. The molecular formula is C7H18N2S. The summed E-state index contributed by atoms with van der Waals surface area (Å²) in [6.45, 7) is 3.45. The quantitative estimate of drug-likeness (QED) is 0.519. The Hall–Kier alpha value is 0.270. The summed E-state index contributed by atoms with van der Waals surface area (Å²) in [6.07, 6.45) is 2.22. The Morgan fingerprint density at radius 1 is 1.30 bits per heavy atom. The molecule has 0 fully saturated rings. The minimum atomic E-state index is 0.0951. The molecule has 3 heteroatoms. The first kappa shape index (κ1) is 10.3. The van der Waals surface area contributed by atoms with Gasteiger partial charge in [0.1, 0.15) is 0 Å². The fraction of sp³-hybridized carbons (Fsp3) is 1.00. The van der Waals surface area contributed by atoms with Crippen molar-refractivity contribution in [2.75, 3.05) is 18.8 Å². The normalized spacial score (nSPS) is 12.0. The van der Waals surface area contributed by atoms with Crippen LogP contribution in [0.3, 0.4) is 0 Å². The fourth-order valence-corrected chi connectivity index (χ4v) is 1.44. The second-order valence-corrected chi connectivity index (χ2v) is 3.13. The SMILES string of the molecule is CCCC(CN)(CN)CS. The maximum absolute atomic E-state index is 5.59. The summed E-state index contributed by atoms with van der Waals surface area (Å²) < 4.78 is 0. The third-order valence-electron chi connectivity index (χ3n) is 1.98. The molecule has 0 unspecified atom stereocenters. The highest BCUT2D eigenvalue weighted by molar-refractivity contribution is 7.80. The molecule has 0 rings (SSSR count). The van der Waals surface area contributed by atoms with Crippen LogP contribution in [0.2, 0.25) is 0 Å². The van der Waals surface area contributed by atoms with Crippen LogP contribution in [0.25, 0.3) is 0 Å². The molecule has 0 aromatic heterocycles. The minimum Gasteiger partial charge on any atom is -0.330 e. The zero-order valence-corrected chi connectivity index (χ0v) is 7.53. The molecule has 0 aliphatic rings. The summed E-state index contributed by atoms with van der Waals surface area (Å²) in [4.78, 5) is 0. The van der Waals surface area contributed by atoms with Crippen LogP contribution < -0.4 is 11.5 Å². The van der Waals surface area contributed by atoms with E-state index in [2.05, 4.69) is 19.6 Å². The third kappa shape index (κ3) is 2.48. The smallest absolute Gasteiger partial charge is 0.00359 e. The molecule has 0 radical (unpaired) electrons.